The second-order valence-corrected chi connectivity index (χ2v) is 5.69. The van der Waals surface area contributed by atoms with Gasteiger partial charge in [-0.15, -0.1) is 0 Å². The zero-order valence-electron chi connectivity index (χ0n) is 12.4. The number of rotatable bonds is 5. The summed E-state index contributed by atoms with van der Waals surface area (Å²) < 4.78 is 5.17. The SMILES string of the molecule is COc1cccc(CNC(C)C(=O)NC(C)(C)C)c1. The summed E-state index contributed by atoms with van der Waals surface area (Å²) in [6.45, 7) is 8.41. The zero-order chi connectivity index (χ0) is 14.5. The van der Waals surface area contributed by atoms with Gasteiger partial charge in [-0.3, -0.25) is 4.79 Å². The van der Waals surface area contributed by atoms with Gasteiger partial charge in [0, 0.05) is 12.1 Å². The van der Waals surface area contributed by atoms with E-state index < -0.39 is 0 Å². The van der Waals surface area contributed by atoms with Gasteiger partial charge in [0.15, 0.2) is 0 Å². The number of ether oxygens (including phenoxy) is 1. The minimum Gasteiger partial charge on any atom is -0.497 e. The van der Waals surface area contributed by atoms with Gasteiger partial charge in [-0.1, -0.05) is 12.1 Å². The molecule has 19 heavy (non-hydrogen) atoms. The topological polar surface area (TPSA) is 50.4 Å². The van der Waals surface area contributed by atoms with E-state index in [0.29, 0.717) is 6.54 Å². The van der Waals surface area contributed by atoms with Crippen LogP contribution in [0.5, 0.6) is 5.75 Å². The molecule has 0 spiro atoms. The molecule has 1 aromatic rings. The van der Waals surface area contributed by atoms with Crippen molar-refractivity contribution in [2.45, 2.75) is 45.8 Å². The summed E-state index contributed by atoms with van der Waals surface area (Å²) in [6, 6.07) is 7.57. The molecule has 2 N–H and O–H groups in total. The van der Waals surface area contributed by atoms with Gasteiger partial charge in [-0.25, -0.2) is 0 Å². The molecular formula is C15H24N2O2. The molecule has 106 valence electrons. The predicted molar refractivity (Wildman–Crippen MR) is 77.2 cm³/mol. The lowest BCUT2D eigenvalue weighted by atomic mass is 10.1. The van der Waals surface area contributed by atoms with Crippen LogP contribution in [0.1, 0.15) is 33.3 Å². The van der Waals surface area contributed by atoms with Crippen molar-refractivity contribution in [2.75, 3.05) is 7.11 Å². The number of hydrogen-bond donors (Lipinski definition) is 2. The van der Waals surface area contributed by atoms with Crippen LogP contribution in [0, 0.1) is 0 Å². The first kappa shape index (κ1) is 15.5. The number of hydrogen-bond acceptors (Lipinski definition) is 3. The molecule has 0 aliphatic carbocycles. The number of methoxy groups -OCH3 is 1. The Labute approximate surface area is 115 Å². The van der Waals surface area contributed by atoms with Crippen LogP contribution < -0.4 is 15.4 Å². The van der Waals surface area contributed by atoms with Crippen molar-refractivity contribution in [3.63, 3.8) is 0 Å². The molecular weight excluding hydrogens is 240 g/mol. The van der Waals surface area contributed by atoms with Crippen molar-refractivity contribution in [2.24, 2.45) is 0 Å². The van der Waals surface area contributed by atoms with Crippen molar-refractivity contribution >= 4 is 5.91 Å². The third-order valence-corrected chi connectivity index (χ3v) is 2.64. The number of nitrogens with one attached hydrogen (secondary N) is 2. The fourth-order valence-corrected chi connectivity index (χ4v) is 1.62. The molecule has 1 unspecified atom stereocenters. The maximum Gasteiger partial charge on any atom is 0.237 e. The number of carbonyl (C=O) groups excluding carboxylic acids is 1. The van der Waals surface area contributed by atoms with Gasteiger partial charge in [-0.05, 0) is 45.4 Å². The molecule has 4 heteroatoms. The fourth-order valence-electron chi connectivity index (χ4n) is 1.62. The Morgan fingerprint density at radius 1 is 1.37 bits per heavy atom. The van der Waals surface area contributed by atoms with E-state index in [9.17, 15) is 4.79 Å². The molecule has 0 saturated heterocycles. The van der Waals surface area contributed by atoms with Crippen LogP contribution in [0.4, 0.5) is 0 Å². The van der Waals surface area contributed by atoms with Gasteiger partial charge in [0.05, 0.1) is 13.2 Å². The standard InChI is InChI=1S/C15H24N2O2/c1-11(14(18)17-15(2,3)4)16-10-12-7-6-8-13(9-12)19-5/h6-9,11,16H,10H2,1-5H3,(H,17,18). The highest BCUT2D eigenvalue weighted by Gasteiger charge is 2.18. The lowest BCUT2D eigenvalue weighted by Crippen LogP contribution is -2.49. The van der Waals surface area contributed by atoms with E-state index in [4.69, 9.17) is 4.74 Å². The third-order valence-electron chi connectivity index (χ3n) is 2.64. The number of amides is 1. The van der Waals surface area contributed by atoms with Crippen molar-refractivity contribution in [1.29, 1.82) is 0 Å². The Balaban J connectivity index is 2.49. The highest BCUT2D eigenvalue weighted by Crippen LogP contribution is 2.12. The first-order chi connectivity index (χ1) is 8.81. The van der Waals surface area contributed by atoms with Gasteiger partial charge >= 0.3 is 0 Å². The van der Waals surface area contributed by atoms with Crippen molar-refractivity contribution in [1.82, 2.24) is 10.6 Å². The monoisotopic (exact) mass is 264 g/mol. The molecule has 0 saturated carbocycles. The second kappa shape index (κ2) is 6.57. The summed E-state index contributed by atoms with van der Waals surface area (Å²) in [5, 5.41) is 6.16. The molecule has 1 rings (SSSR count). The molecule has 0 bridgehead atoms. The van der Waals surface area contributed by atoms with Crippen LogP contribution in [0.15, 0.2) is 24.3 Å². The Bertz CT molecular complexity index is 424. The van der Waals surface area contributed by atoms with Gasteiger partial charge in [0.25, 0.3) is 0 Å². The second-order valence-electron chi connectivity index (χ2n) is 5.69. The minimum absolute atomic E-state index is 0.00963. The van der Waals surface area contributed by atoms with E-state index in [1.165, 1.54) is 0 Å². The molecule has 0 radical (unpaired) electrons. The first-order valence-corrected chi connectivity index (χ1v) is 6.50. The predicted octanol–water partition coefficient (Wildman–Crippen LogP) is 2.09. The molecule has 1 aromatic carbocycles. The highest BCUT2D eigenvalue weighted by atomic mass is 16.5. The van der Waals surface area contributed by atoms with Crippen molar-refractivity contribution in [3.05, 3.63) is 29.8 Å². The summed E-state index contributed by atoms with van der Waals surface area (Å²) >= 11 is 0. The van der Waals surface area contributed by atoms with Crippen LogP contribution in [0.2, 0.25) is 0 Å². The molecule has 4 nitrogen and oxygen atoms in total. The van der Waals surface area contributed by atoms with E-state index in [-0.39, 0.29) is 17.5 Å². The van der Waals surface area contributed by atoms with Crippen LogP contribution in [-0.2, 0) is 11.3 Å². The van der Waals surface area contributed by atoms with Crippen molar-refractivity contribution in [3.8, 4) is 5.75 Å². The number of benzene rings is 1. The Kier molecular flexibility index (Phi) is 5.36. The summed E-state index contributed by atoms with van der Waals surface area (Å²) in [5.41, 5.74) is 0.887. The average molecular weight is 264 g/mol. The molecule has 0 aliphatic heterocycles. The maximum atomic E-state index is 11.9. The zero-order valence-corrected chi connectivity index (χ0v) is 12.4. The summed E-state index contributed by atoms with van der Waals surface area (Å²) in [7, 11) is 1.64. The lowest BCUT2D eigenvalue weighted by molar-refractivity contribution is -0.124. The summed E-state index contributed by atoms with van der Waals surface area (Å²) in [6.07, 6.45) is 0. The van der Waals surface area contributed by atoms with Gasteiger partial charge in [0.2, 0.25) is 5.91 Å². The summed E-state index contributed by atoms with van der Waals surface area (Å²) in [4.78, 5) is 11.9. The Hall–Kier alpha value is -1.55. The van der Waals surface area contributed by atoms with Gasteiger partial charge < -0.3 is 15.4 Å². The van der Waals surface area contributed by atoms with E-state index >= 15 is 0 Å². The number of carbonyl (C=O) groups is 1. The van der Waals surface area contributed by atoms with E-state index in [1.54, 1.807) is 7.11 Å². The largest absolute Gasteiger partial charge is 0.497 e. The Morgan fingerprint density at radius 2 is 2.05 bits per heavy atom. The van der Waals surface area contributed by atoms with Crippen LogP contribution in [0.3, 0.4) is 0 Å². The minimum atomic E-state index is -0.231. The van der Waals surface area contributed by atoms with Crippen LogP contribution in [0.25, 0.3) is 0 Å². The smallest absolute Gasteiger partial charge is 0.237 e. The normalized spacial score (nSPS) is 12.9. The van der Waals surface area contributed by atoms with Gasteiger partial charge in [0.1, 0.15) is 5.75 Å². The van der Waals surface area contributed by atoms with Gasteiger partial charge in [-0.2, -0.15) is 0 Å². The molecule has 0 aromatic heterocycles. The first-order valence-electron chi connectivity index (χ1n) is 6.50. The average Bonchev–Trinajstić information content (AvgIpc) is 2.34. The molecule has 0 aliphatic rings. The molecule has 1 amide bonds. The fraction of sp³-hybridized carbons (Fsp3) is 0.533. The van der Waals surface area contributed by atoms with Crippen molar-refractivity contribution < 1.29 is 9.53 Å². The van der Waals surface area contributed by atoms with E-state index in [2.05, 4.69) is 10.6 Å². The quantitative estimate of drug-likeness (QED) is 0.856. The molecule has 1 atom stereocenters. The lowest BCUT2D eigenvalue weighted by Gasteiger charge is -2.23. The third kappa shape index (κ3) is 5.75. The van der Waals surface area contributed by atoms with E-state index in [0.717, 1.165) is 11.3 Å². The molecule has 0 fully saturated rings. The van der Waals surface area contributed by atoms with Crippen LogP contribution in [-0.4, -0.2) is 24.6 Å². The van der Waals surface area contributed by atoms with E-state index in [1.807, 2.05) is 52.0 Å². The van der Waals surface area contributed by atoms with Crippen LogP contribution >= 0.6 is 0 Å². The maximum absolute atomic E-state index is 11.9. The highest BCUT2D eigenvalue weighted by molar-refractivity contribution is 5.81. The molecule has 0 heterocycles. The summed E-state index contributed by atoms with van der Waals surface area (Å²) in [5.74, 6) is 0.835. The Morgan fingerprint density at radius 3 is 2.63 bits per heavy atom.